The Morgan fingerprint density at radius 1 is 0.955 bits per heavy atom. The first-order valence-electron chi connectivity index (χ1n) is 7.13. The van der Waals surface area contributed by atoms with E-state index >= 15 is 0 Å². The third-order valence-electron chi connectivity index (χ3n) is 3.45. The molecule has 0 saturated heterocycles. The summed E-state index contributed by atoms with van der Waals surface area (Å²) in [5, 5.41) is 2.91. The van der Waals surface area contributed by atoms with Crippen LogP contribution in [0.15, 0.2) is 54.6 Å². The second-order valence-corrected chi connectivity index (χ2v) is 5.76. The van der Waals surface area contributed by atoms with Crippen LogP contribution >= 0.6 is 12.2 Å². The average molecular weight is 309 g/mol. The number of allylic oxidation sites excluding steroid dienone is 1. The van der Waals surface area contributed by atoms with Gasteiger partial charge in [0.05, 0.1) is 0 Å². The zero-order chi connectivity index (χ0) is 16.1. The van der Waals surface area contributed by atoms with Crippen molar-refractivity contribution in [3.63, 3.8) is 0 Å². The highest BCUT2D eigenvalue weighted by Crippen LogP contribution is 2.19. The Labute approximate surface area is 136 Å². The molecule has 0 aliphatic heterocycles. The zero-order valence-electron chi connectivity index (χ0n) is 13.0. The Kier molecular flexibility index (Phi) is 5.23. The summed E-state index contributed by atoms with van der Waals surface area (Å²) in [6.45, 7) is 5.98. The Morgan fingerprint density at radius 2 is 1.55 bits per heavy atom. The number of hydrogen-bond donors (Lipinski definition) is 1. The molecule has 112 valence electrons. The third-order valence-corrected chi connectivity index (χ3v) is 3.82. The van der Waals surface area contributed by atoms with Gasteiger partial charge in [0.15, 0.2) is 0 Å². The van der Waals surface area contributed by atoms with Gasteiger partial charge in [0.2, 0.25) is 5.91 Å². The van der Waals surface area contributed by atoms with E-state index in [0.717, 1.165) is 22.4 Å². The SMILES string of the molecule is Cc1ccc(C(=S)C=CC(=O)Nc2c(C)cccc2C)cc1. The van der Waals surface area contributed by atoms with Gasteiger partial charge in [-0.3, -0.25) is 4.79 Å². The van der Waals surface area contributed by atoms with Crippen LogP contribution < -0.4 is 5.32 Å². The smallest absolute Gasteiger partial charge is 0.248 e. The van der Waals surface area contributed by atoms with Crippen LogP contribution in [0, 0.1) is 20.8 Å². The Bertz CT molecular complexity index is 709. The number of thiocarbonyl (C=S) groups is 1. The standard InChI is InChI=1S/C19H19NOS/c1-13-7-9-16(10-8-13)17(22)11-12-18(21)20-19-14(2)5-4-6-15(19)3/h4-12H,1-3H3,(H,20,21). The first kappa shape index (κ1) is 16.1. The Hall–Kier alpha value is -2.26. The zero-order valence-corrected chi connectivity index (χ0v) is 13.8. The van der Waals surface area contributed by atoms with Gasteiger partial charge in [0.25, 0.3) is 0 Å². The monoisotopic (exact) mass is 309 g/mol. The summed E-state index contributed by atoms with van der Waals surface area (Å²) < 4.78 is 0. The number of nitrogens with one attached hydrogen (secondary N) is 1. The maximum Gasteiger partial charge on any atom is 0.248 e. The van der Waals surface area contributed by atoms with Crippen LogP contribution in [0.1, 0.15) is 22.3 Å². The van der Waals surface area contributed by atoms with Crippen LogP contribution in [0.25, 0.3) is 0 Å². The largest absolute Gasteiger partial charge is 0.322 e. The molecule has 3 heteroatoms. The van der Waals surface area contributed by atoms with E-state index in [1.54, 1.807) is 6.08 Å². The van der Waals surface area contributed by atoms with E-state index < -0.39 is 0 Å². The summed E-state index contributed by atoms with van der Waals surface area (Å²) in [4.78, 5) is 12.7. The van der Waals surface area contributed by atoms with Gasteiger partial charge in [-0.1, -0.05) is 60.2 Å². The first-order valence-corrected chi connectivity index (χ1v) is 7.54. The van der Waals surface area contributed by atoms with E-state index in [1.165, 1.54) is 11.6 Å². The molecule has 0 bridgehead atoms. The van der Waals surface area contributed by atoms with Gasteiger partial charge < -0.3 is 5.32 Å². The summed E-state index contributed by atoms with van der Waals surface area (Å²) in [5.74, 6) is -0.174. The maximum absolute atomic E-state index is 12.0. The Balaban J connectivity index is 2.05. The second-order valence-electron chi connectivity index (χ2n) is 5.32. The van der Waals surface area contributed by atoms with Gasteiger partial charge in [0, 0.05) is 16.6 Å². The lowest BCUT2D eigenvalue weighted by molar-refractivity contribution is -0.111. The molecular formula is C19H19NOS. The molecule has 0 fully saturated rings. The average Bonchev–Trinajstić information content (AvgIpc) is 2.49. The van der Waals surface area contributed by atoms with Crippen molar-refractivity contribution in [2.24, 2.45) is 0 Å². The van der Waals surface area contributed by atoms with Crippen molar-refractivity contribution in [1.29, 1.82) is 0 Å². The van der Waals surface area contributed by atoms with Crippen LogP contribution in [0.5, 0.6) is 0 Å². The summed E-state index contributed by atoms with van der Waals surface area (Å²) >= 11 is 5.33. The molecule has 0 atom stereocenters. The molecule has 0 radical (unpaired) electrons. The lowest BCUT2D eigenvalue weighted by Crippen LogP contribution is -2.11. The second kappa shape index (κ2) is 7.14. The number of hydrogen-bond acceptors (Lipinski definition) is 2. The molecule has 0 aliphatic rings. The van der Waals surface area contributed by atoms with Crippen molar-refractivity contribution >= 4 is 28.7 Å². The Morgan fingerprint density at radius 3 is 2.14 bits per heavy atom. The number of anilines is 1. The molecule has 0 saturated carbocycles. The number of carbonyl (C=O) groups excluding carboxylic acids is 1. The number of benzene rings is 2. The van der Waals surface area contributed by atoms with Crippen molar-refractivity contribution in [3.8, 4) is 0 Å². The van der Waals surface area contributed by atoms with E-state index in [4.69, 9.17) is 12.2 Å². The molecule has 2 rings (SSSR count). The molecule has 0 aromatic heterocycles. The van der Waals surface area contributed by atoms with Crippen LogP contribution in [-0.2, 0) is 4.79 Å². The van der Waals surface area contributed by atoms with E-state index in [1.807, 2.05) is 63.2 Å². The molecule has 2 nitrogen and oxygen atoms in total. The molecule has 22 heavy (non-hydrogen) atoms. The maximum atomic E-state index is 12.0. The number of amides is 1. The molecular weight excluding hydrogens is 290 g/mol. The van der Waals surface area contributed by atoms with E-state index in [9.17, 15) is 4.79 Å². The fourth-order valence-corrected chi connectivity index (χ4v) is 2.35. The van der Waals surface area contributed by atoms with Crippen molar-refractivity contribution in [2.45, 2.75) is 20.8 Å². The van der Waals surface area contributed by atoms with Gasteiger partial charge in [-0.05, 0) is 43.5 Å². The number of aryl methyl sites for hydroxylation is 3. The highest BCUT2D eigenvalue weighted by Gasteiger charge is 2.05. The first-order chi connectivity index (χ1) is 10.5. The van der Waals surface area contributed by atoms with Gasteiger partial charge in [0.1, 0.15) is 0 Å². The molecule has 0 heterocycles. The van der Waals surface area contributed by atoms with Crippen molar-refractivity contribution < 1.29 is 4.79 Å². The van der Waals surface area contributed by atoms with E-state index in [-0.39, 0.29) is 5.91 Å². The normalized spacial score (nSPS) is 10.7. The summed E-state index contributed by atoms with van der Waals surface area (Å²) in [6, 6.07) is 13.9. The number of rotatable bonds is 4. The van der Waals surface area contributed by atoms with Crippen molar-refractivity contribution in [1.82, 2.24) is 0 Å². The van der Waals surface area contributed by atoms with Gasteiger partial charge in [-0.2, -0.15) is 0 Å². The topological polar surface area (TPSA) is 29.1 Å². The third kappa shape index (κ3) is 4.12. The van der Waals surface area contributed by atoms with Crippen LogP contribution in [0.2, 0.25) is 0 Å². The predicted molar refractivity (Wildman–Crippen MR) is 96.6 cm³/mol. The molecule has 0 spiro atoms. The summed E-state index contributed by atoms with van der Waals surface area (Å²) in [5.41, 5.74) is 5.07. The number of carbonyl (C=O) groups is 1. The lowest BCUT2D eigenvalue weighted by atomic mass is 10.1. The van der Waals surface area contributed by atoms with Gasteiger partial charge >= 0.3 is 0 Å². The van der Waals surface area contributed by atoms with Crippen molar-refractivity contribution in [2.75, 3.05) is 5.32 Å². The molecule has 0 aliphatic carbocycles. The fraction of sp³-hybridized carbons (Fsp3) is 0.158. The van der Waals surface area contributed by atoms with Crippen molar-refractivity contribution in [3.05, 3.63) is 76.9 Å². The number of para-hydroxylation sites is 1. The molecule has 1 N–H and O–H groups in total. The minimum Gasteiger partial charge on any atom is -0.322 e. The van der Waals surface area contributed by atoms with Gasteiger partial charge in [-0.15, -0.1) is 0 Å². The predicted octanol–water partition coefficient (Wildman–Crippen LogP) is 4.52. The van der Waals surface area contributed by atoms with E-state index in [0.29, 0.717) is 4.86 Å². The molecule has 2 aromatic rings. The lowest BCUT2D eigenvalue weighted by Gasteiger charge is -2.09. The highest BCUT2D eigenvalue weighted by molar-refractivity contribution is 7.81. The van der Waals surface area contributed by atoms with Crippen LogP contribution in [-0.4, -0.2) is 10.8 Å². The van der Waals surface area contributed by atoms with Crippen LogP contribution in [0.4, 0.5) is 5.69 Å². The van der Waals surface area contributed by atoms with Crippen LogP contribution in [0.3, 0.4) is 0 Å². The summed E-state index contributed by atoms with van der Waals surface area (Å²) in [7, 11) is 0. The fourth-order valence-electron chi connectivity index (χ4n) is 2.14. The molecule has 0 unspecified atom stereocenters. The minimum atomic E-state index is -0.174. The molecule has 2 aromatic carbocycles. The summed E-state index contributed by atoms with van der Waals surface area (Å²) in [6.07, 6.45) is 3.15. The minimum absolute atomic E-state index is 0.174. The quantitative estimate of drug-likeness (QED) is 0.511. The van der Waals surface area contributed by atoms with Gasteiger partial charge in [-0.25, -0.2) is 0 Å². The molecule has 1 amide bonds. The van der Waals surface area contributed by atoms with E-state index in [2.05, 4.69) is 5.32 Å². The highest BCUT2D eigenvalue weighted by atomic mass is 32.1.